The van der Waals surface area contributed by atoms with Crippen LogP contribution in [0.5, 0.6) is 0 Å². The fourth-order valence-electron chi connectivity index (χ4n) is 1.49. The third-order valence-electron chi connectivity index (χ3n) is 2.12. The van der Waals surface area contributed by atoms with Gasteiger partial charge in [0.2, 0.25) is 0 Å². The lowest BCUT2D eigenvalue weighted by Crippen LogP contribution is -1.81. The molecule has 0 radical (unpaired) electrons. The number of aromatic nitrogens is 1. The molecule has 1 aromatic carbocycles. The second-order valence-electron chi connectivity index (χ2n) is 3.05. The Labute approximate surface area is 78.8 Å². The van der Waals surface area contributed by atoms with E-state index in [1.54, 1.807) is 6.92 Å². The van der Waals surface area contributed by atoms with E-state index in [0.29, 0.717) is 16.6 Å². The normalized spacial score (nSPS) is 10.4. The van der Waals surface area contributed by atoms with Crippen LogP contribution in [0.15, 0.2) is 12.1 Å². The van der Waals surface area contributed by atoms with Gasteiger partial charge in [0.05, 0.1) is 11.1 Å². The van der Waals surface area contributed by atoms with Crippen molar-refractivity contribution < 1.29 is 8.78 Å². The monoisotopic (exact) mass is 192 g/mol. The molecule has 2 nitrogen and oxygen atoms in total. The van der Waals surface area contributed by atoms with E-state index in [2.05, 4.69) is 4.98 Å². The van der Waals surface area contributed by atoms with Gasteiger partial charge in [0.15, 0.2) is 0 Å². The third-order valence-corrected chi connectivity index (χ3v) is 2.12. The maximum atomic E-state index is 13.2. The van der Waals surface area contributed by atoms with Crippen LogP contribution in [0, 0.1) is 29.9 Å². The predicted molar refractivity (Wildman–Crippen MR) is 47.7 cm³/mol. The van der Waals surface area contributed by atoms with Crippen LogP contribution in [0.1, 0.15) is 11.3 Å². The summed E-state index contributed by atoms with van der Waals surface area (Å²) < 4.78 is 26.1. The molecule has 14 heavy (non-hydrogen) atoms. The summed E-state index contributed by atoms with van der Waals surface area (Å²) in [7, 11) is 0. The highest BCUT2D eigenvalue weighted by molar-refractivity contribution is 5.87. The zero-order chi connectivity index (χ0) is 10.3. The molecule has 0 aliphatic rings. The minimum atomic E-state index is -0.676. The van der Waals surface area contributed by atoms with Crippen LogP contribution < -0.4 is 0 Å². The highest BCUT2D eigenvalue weighted by Gasteiger charge is 2.12. The highest BCUT2D eigenvalue weighted by Crippen LogP contribution is 2.24. The first-order valence-electron chi connectivity index (χ1n) is 4.01. The fraction of sp³-hybridized carbons (Fsp3) is 0.100. The van der Waals surface area contributed by atoms with Crippen LogP contribution in [0.25, 0.3) is 10.9 Å². The number of hydrogen-bond donors (Lipinski definition) is 1. The first kappa shape index (κ1) is 8.70. The number of halogens is 2. The summed E-state index contributed by atoms with van der Waals surface area (Å²) in [6.07, 6.45) is 0. The number of benzene rings is 1. The Morgan fingerprint density at radius 3 is 2.71 bits per heavy atom. The van der Waals surface area contributed by atoms with Crippen molar-refractivity contribution in [1.82, 2.24) is 4.98 Å². The average molecular weight is 192 g/mol. The second-order valence-corrected chi connectivity index (χ2v) is 3.05. The number of rotatable bonds is 0. The van der Waals surface area contributed by atoms with Crippen LogP contribution in [-0.2, 0) is 0 Å². The first-order valence-corrected chi connectivity index (χ1v) is 4.01. The molecule has 0 unspecified atom stereocenters. The van der Waals surface area contributed by atoms with E-state index >= 15 is 0 Å². The molecule has 1 N–H and O–H groups in total. The quantitative estimate of drug-likeness (QED) is 0.684. The number of hydrogen-bond acceptors (Lipinski definition) is 1. The van der Waals surface area contributed by atoms with Crippen molar-refractivity contribution in [2.75, 3.05) is 0 Å². The molecule has 0 saturated heterocycles. The van der Waals surface area contributed by atoms with E-state index in [4.69, 9.17) is 5.26 Å². The molecule has 1 aromatic heterocycles. The minimum absolute atomic E-state index is 0.181. The van der Waals surface area contributed by atoms with Gasteiger partial charge in [-0.25, -0.2) is 8.78 Å². The summed E-state index contributed by atoms with van der Waals surface area (Å²) >= 11 is 0. The van der Waals surface area contributed by atoms with Crippen molar-refractivity contribution in [2.45, 2.75) is 6.92 Å². The third kappa shape index (κ3) is 1.06. The Morgan fingerprint density at radius 1 is 1.36 bits per heavy atom. The molecule has 0 amide bonds. The van der Waals surface area contributed by atoms with E-state index in [9.17, 15) is 8.78 Å². The van der Waals surface area contributed by atoms with Gasteiger partial charge in [0.1, 0.15) is 17.7 Å². The summed E-state index contributed by atoms with van der Waals surface area (Å²) in [6, 6.07) is 3.85. The van der Waals surface area contributed by atoms with Crippen LogP contribution in [0.3, 0.4) is 0 Å². The van der Waals surface area contributed by atoms with Crippen LogP contribution >= 0.6 is 0 Å². The van der Waals surface area contributed by atoms with Gasteiger partial charge in [0.25, 0.3) is 0 Å². The van der Waals surface area contributed by atoms with Gasteiger partial charge in [-0.05, 0) is 13.0 Å². The van der Waals surface area contributed by atoms with E-state index in [1.807, 2.05) is 6.07 Å². The summed E-state index contributed by atoms with van der Waals surface area (Å²) in [5.74, 6) is -1.35. The molecule has 2 rings (SSSR count). The molecule has 0 bridgehead atoms. The van der Waals surface area contributed by atoms with E-state index in [0.717, 1.165) is 12.1 Å². The molecule has 0 aliphatic heterocycles. The van der Waals surface area contributed by atoms with Gasteiger partial charge in [-0.15, -0.1) is 0 Å². The Bertz CT molecular complexity index is 549. The van der Waals surface area contributed by atoms with Gasteiger partial charge >= 0.3 is 0 Å². The van der Waals surface area contributed by atoms with Crippen molar-refractivity contribution in [3.63, 3.8) is 0 Å². The molecule has 0 spiro atoms. The fourth-order valence-corrected chi connectivity index (χ4v) is 1.49. The van der Waals surface area contributed by atoms with Crippen LogP contribution in [0.2, 0.25) is 0 Å². The van der Waals surface area contributed by atoms with Crippen molar-refractivity contribution in [1.29, 1.82) is 5.26 Å². The lowest BCUT2D eigenvalue weighted by atomic mass is 10.1. The molecule has 0 saturated carbocycles. The highest BCUT2D eigenvalue weighted by atomic mass is 19.1. The van der Waals surface area contributed by atoms with Gasteiger partial charge in [-0.3, -0.25) is 0 Å². The smallest absolute Gasteiger partial charge is 0.150 e. The Balaban J connectivity index is 2.97. The Kier molecular flexibility index (Phi) is 1.74. The molecular formula is C10H6F2N2. The van der Waals surface area contributed by atoms with Crippen LogP contribution in [0.4, 0.5) is 8.78 Å². The maximum absolute atomic E-state index is 13.2. The van der Waals surface area contributed by atoms with Gasteiger partial charge in [0, 0.05) is 17.1 Å². The molecule has 1 heterocycles. The number of nitriles is 1. The number of H-pyrrole nitrogens is 1. The summed E-state index contributed by atoms with van der Waals surface area (Å²) in [5.41, 5.74) is 1.02. The Morgan fingerprint density at radius 2 is 2.07 bits per heavy atom. The molecular weight excluding hydrogens is 186 g/mol. The second kappa shape index (κ2) is 2.81. The van der Waals surface area contributed by atoms with Gasteiger partial charge in [-0.2, -0.15) is 5.26 Å². The predicted octanol–water partition coefficient (Wildman–Crippen LogP) is 2.63. The average Bonchev–Trinajstić information content (AvgIpc) is 2.41. The zero-order valence-electron chi connectivity index (χ0n) is 7.36. The van der Waals surface area contributed by atoms with E-state index < -0.39 is 11.6 Å². The maximum Gasteiger partial charge on any atom is 0.150 e. The first-order chi connectivity index (χ1) is 6.63. The van der Waals surface area contributed by atoms with Gasteiger partial charge in [-0.1, -0.05) is 0 Å². The largest absolute Gasteiger partial charge is 0.355 e. The van der Waals surface area contributed by atoms with Crippen molar-refractivity contribution >= 4 is 10.9 Å². The van der Waals surface area contributed by atoms with E-state index in [-0.39, 0.29) is 5.52 Å². The SMILES string of the molecule is Cc1[nH]c2c(F)cc(F)cc2c1C#N. The Hall–Kier alpha value is -1.89. The standard InChI is InChI=1S/C10H6F2N2/c1-5-8(4-13)7-2-6(11)3-9(12)10(7)14-5/h2-3,14H,1H3. The molecule has 4 heteroatoms. The zero-order valence-corrected chi connectivity index (χ0v) is 7.36. The summed E-state index contributed by atoms with van der Waals surface area (Å²) in [5, 5.41) is 9.07. The minimum Gasteiger partial charge on any atom is -0.355 e. The molecule has 2 aromatic rings. The van der Waals surface area contributed by atoms with Crippen molar-refractivity contribution in [3.8, 4) is 6.07 Å². The topological polar surface area (TPSA) is 39.6 Å². The number of nitrogens with one attached hydrogen (secondary N) is 1. The molecule has 70 valence electrons. The number of aryl methyl sites for hydroxylation is 1. The van der Waals surface area contributed by atoms with Gasteiger partial charge < -0.3 is 4.98 Å². The van der Waals surface area contributed by atoms with Crippen molar-refractivity contribution in [3.05, 3.63) is 35.0 Å². The summed E-state index contributed by atoms with van der Waals surface area (Å²) in [4.78, 5) is 2.71. The molecule has 0 atom stereocenters. The molecule has 0 fully saturated rings. The van der Waals surface area contributed by atoms with Crippen molar-refractivity contribution in [2.24, 2.45) is 0 Å². The molecule has 0 aliphatic carbocycles. The summed E-state index contributed by atoms with van der Waals surface area (Å²) in [6.45, 7) is 1.65. The lowest BCUT2D eigenvalue weighted by Gasteiger charge is -1.93. The number of fused-ring (bicyclic) bond motifs is 1. The van der Waals surface area contributed by atoms with Crippen LogP contribution in [-0.4, -0.2) is 4.98 Å². The lowest BCUT2D eigenvalue weighted by molar-refractivity contribution is 0.591. The van der Waals surface area contributed by atoms with E-state index in [1.165, 1.54) is 0 Å². The number of aromatic amines is 1. The number of nitrogens with zero attached hydrogens (tertiary/aromatic N) is 1.